The summed E-state index contributed by atoms with van der Waals surface area (Å²) >= 11 is 0. The largest absolute Gasteiger partial charge is 0.490 e. The van der Waals surface area contributed by atoms with Crippen molar-refractivity contribution in [2.75, 3.05) is 32.8 Å². The Hall–Kier alpha value is -0.740. The van der Waals surface area contributed by atoms with Crippen LogP contribution in [-0.2, 0) is 6.54 Å². The van der Waals surface area contributed by atoms with Crippen molar-refractivity contribution < 1.29 is 4.74 Å². The van der Waals surface area contributed by atoms with Gasteiger partial charge in [-0.1, -0.05) is 38.6 Å². The summed E-state index contributed by atoms with van der Waals surface area (Å²) in [5, 5.41) is 3.48. The first-order valence-electron chi connectivity index (χ1n) is 7.55. The highest BCUT2D eigenvalue weighted by Crippen LogP contribution is 2.11. The van der Waals surface area contributed by atoms with E-state index in [1.54, 1.807) is 6.08 Å². The maximum absolute atomic E-state index is 5.46. The van der Waals surface area contributed by atoms with Crippen molar-refractivity contribution in [1.82, 2.24) is 10.2 Å². The van der Waals surface area contributed by atoms with E-state index in [0.29, 0.717) is 6.61 Å². The van der Waals surface area contributed by atoms with Crippen molar-refractivity contribution in [3.05, 3.63) is 42.5 Å². The summed E-state index contributed by atoms with van der Waals surface area (Å²) in [5.41, 5.74) is 1.29. The summed E-state index contributed by atoms with van der Waals surface area (Å²) in [4.78, 5) is 2.45. The van der Waals surface area contributed by atoms with Crippen LogP contribution in [0.2, 0.25) is 0 Å². The Kier molecular flexibility index (Phi) is 16.2. The topological polar surface area (TPSA) is 24.5 Å². The van der Waals surface area contributed by atoms with Gasteiger partial charge in [-0.05, 0) is 50.3 Å². The SMILES string of the molecule is C=CCOc1ccc(CNCCCN(CC)CC)cc1.Cl.Cl. The lowest BCUT2D eigenvalue weighted by atomic mass is 10.2. The van der Waals surface area contributed by atoms with Crippen LogP contribution in [0, 0.1) is 0 Å². The van der Waals surface area contributed by atoms with E-state index < -0.39 is 0 Å². The second kappa shape index (κ2) is 15.2. The molecule has 0 heterocycles. The van der Waals surface area contributed by atoms with E-state index in [1.807, 2.05) is 12.1 Å². The number of ether oxygens (including phenoxy) is 1. The summed E-state index contributed by atoms with van der Waals surface area (Å²) in [6.45, 7) is 14.1. The normalized spacial score (nSPS) is 9.77. The zero-order valence-corrected chi connectivity index (χ0v) is 15.3. The molecule has 0 amide bonds. The van der Waals surface area contributed by atoms with Crippen molar-refractivity contribution in [3.8, 4) is 5.75 Å². The highest BCUT2D eigenvalue weighted by molar-refractivity contribution is 5.85. The van der Waals surface area contributed by atoms with Gasteiger partial charge in [0.15, 0.2) is 0 Å². The fourth-order valence-corrected chi connectivity index (χ4v) is 2.06. The van der Waals surface area contributed by atoms with Crippen LogP contribution in [0.15, 0.2) is 36.9 Å². The molecule has 0 atom stereocenters. The third kappa shape index (κ3) is 10.1. The molecule has 0 bridgehead atoms. The Balaban J connectivity index is 0. The maximum atomic E-state index is 5.46. The molecule has 0 radical (unpaired) electrons. The van der Waals surface area contributed by atoms with Gasteiger partial charge in [-0.2, -0.15) is 0 Å². The van der Waals surface area contributed by atoms with Gasteiger partial charge in [0, 0.05) is 6.54 Å². The minimum Gasteiger partial charge on any atom is -0.490 e. The van der Waals surface area contributed by atoms with E-state index >= 15 is 0 Å². The molecule has 0 aliphatic heterocycles. The Morgan fingerprint density at radius 3 is 2.32 bits per heavy atom. The predicted octanol–water partition coefficient (Wildman–Crippen LogP) is 3.92. The van der Waals surface area contributed by atoms with Gasteiger partial charge in [-0.3, -0.25) is 0 Å². The van der Waals surface area contributed by atoms with Gasteiger partial charge >= 0.3 is 0 Å². The van der Waals surface area contributed by atoms with Crippen LogP contribution in [0.5, 0.6) is 5.75 Å². The smallest absolute Gasteiger partial charge is 0.119 e. The van der Waals surface area contributed by atoms with Gasteiger partial charge in [-0.25, -0.2) is 0 Å². The Labute approximate surface area is 147 Å². The van der Waals surface area contributed by atoms with Crippen LogP contribution in [0.3, 0.4) is 0 Å². The molecule has 0 unspecified atom stereocenters. The molecule has 128 valence electrons. The molecule has 3 nitrogen and oxygen atoms in total. The minimum absolute atomic E-state index is 0. The molecule has 0 aliphatic rings. The summed E-state index contributed by atoms with van der Waals surface area (Å²) < 4.78 is 5.46. The van der Waals surface area contributed by atoms with Gasteiger partial charge in [0.2, 0.25) is 0 Å². The predicted molar refractivity (Wildman–Crippen MR) is 101 cm³/mol. The standard InChI is InChI=1S/C17H28N2O.2ClH/c1-4-14-20-17-10-8-16(9-11-17)15-18-12-7-13-19(5-2)6-3;;/h4,8-11,18H,1,5-7,12-15H2,2-3H3;2*1H. The van der Waals surface area contributed by atoms with Gasteiger partial charge in [0.25, 0.3) is 0 Å². The van der Waals surface area contributed by atoms with E-state index in [0.717, 1.165) is 31.9 Å². The number of hydrogen-bond acceptors (Lipinski definition) is 3. The first-order chi connectivity index (χ1) is 9.80. The van der Waals surface area contributed by atoms with Crippen molar-refractivity contribution in [1.29, 1.82) is 0 Å². The number of nitrogens with zero attached hydrogens (tertiary/aromatic N) is 1. The number of benzene rings is 1. The van der Waals surface area contributed by atoms with E-state index in [9.17, 15) is 0 Å². The first-order valence-corrected chi connectivity index (χ1v) is 7.55. The third-order valence-corrected chi connectivity index (χ3v) is 3.34. The average molecular weight is 349 g/mol. The molecule has 0 aliphatic carbocycles. The molecule has 1 aromatic rings. The highest BCUT2D eigenvalue weighted by Gasteiger charge is 1.98. The van der Waals surface area contributed by atoms with Crippen molar-refractivity contribution >= 4 is 24.8 Å². The van der Waals surface area contributed by atoms with Crippen LogP contribution < -0.4 is 10.1 Å². The molecule has 1 aromatic carbocycles. The van der Waals surface area contributed by atoms with E-state index in [1.165, 1.54) is 18.5 Å². The second-order valence-electron chi connectivity index (χ2n) is 4.80. The quantitative estimate of drug-likeness (QED) is 0.484. The van der Waals surface area contributed by atoms with E-state index in [4.69, 9.17) is 4.74 Å². The summed E-state index contributed by atoms with van der Waals surface area (Å²) in [7, 11) is 0. The lowest BCUT2D eigenvalue weighted by Gasteiger charge is -2.17. The Morgan fingerprint density at radius 1 is 1.14 bits per heavy atom. The average Bonchev–Trinajstić information content (AvgIpc) is 2.50. The number of halogens is 2. The fraction of sp³-hybridized carbons (Fsp3) is 0.529. The lowest BCUT2D eigenvalue weighted by molar-refractivity contribution is 0.298. The fourth-order valence-electron chi connectivity index (χ4n) is 2.06. The summed E-state index contributed by atoms with van der Waals surface area (Å²) in [5.74, 6) is 0.898. The molecule has 0 saturated heterocycles. The van der Waals surface area contributed by atoms with Crippen molar-refractivity contribution in [3.63, 3.8) is 0 Å². The molecule has 1 N–H and O–H groups in total. The second-order valence-corrected chi connectivity index (χ2v) is 4.80. The van der Waals surface area contributed by atoms with Gasteiger partial charge in [0.05, 0.1) is 0 Å². The van der Waals surface area contributed by atoms with Crippen LogP contribution in [0.4, 0.5) is 0 Å². The van der Waals surface area contributed by atoms with E-state index in [2.05, 4.69) is 42.8 Å². The molecule has 22 heavy (non-hydrogen) atoms. The van der Waals surface area contributed by atoms with Crippen molar-refractivity contribution in [2.45, 2.75) is 26.8 Å². The molecule has 0 aromatic heterocycles. The van der Waals surface area contributed by atoms with E-state index in [-0.39, 0.29) is 24.8 Å². The molecule has 0 fully saturated rings. The van der Waals surface area contributed by atoms with Crippen LogP contribution >= 0.6 is 24.8 Å². The maximum Gasteiger partial charge on any atom is 0.119 e. The Morgan fingerprint density at radius 2 is 1.77 bits per heavy atom. The molecule has 0 saturated carbocycles. The third-order valence-electron chi connectivity index (χ3n) is 3.34. The Bertz CT molecular complexity index is 367. The van der Waals surface area contributed by atoms with Gasteiger partial charge in [0.1, 0.15) is 12.4 Å². The summed E-state index contributed by atoms with van der Waals surface area (Å²) in [6.07, 6.45) is 2.95. The van der Waals surface area contributed by atoms with Gasteiger partial charge < -0.3 is 15.0 Å². The lowest BCUT2D eigenvalue weighted by Crippen LogP contribution is -2.27. The van der Waals surface area contributed by atoms with Crippen LogP contribution in [0.25, 0.3) is 0 Å². The van der Waals surface area contributed by atoms with Crippen LogP contribution in [-0.4, -0.2) is 37.7 Å². The van der Waals surface area contributed by atoms with Crippen molar-refractivity contribution in [2.24, 2.45) is 0 Å². The first kappa shape index (κ1) is 23.5. The monoisotopic (exact) mass is 348 g/mol. The molecule has 5 heteroatoms. The van der Waals surface area contributed by atoms with Gasteiger partial charge in [-0.15, -0.1) is 24.8 Å². The zero-order valence-electron chi connectivity index (χ0n) is 13.7. The zero-order chi connectivity index (χ0) is 14.6. The van der Waals surface area contributed by atoms with Crippen LogP contribution in [0.1, 0.15) is 25.8 Å². The number of rotatable bonds is 11. The molecule has 1 rings (SSSR count). The molecular weight excluding hydrogens is 319 g/mol. The highest BCUT2D eigenvalue weighted by atomic mass is 35.5. The summed E-state index contributed by atoms with van der Waals surface area (Å²) in [6, 6.07) is 8.23. The number of nitrogens with one attached hydrogen (secondary N) is 1. The molecular formula is C17H30Cl2N2O. The minimum atomic E-state index is 0. The number of hydrogen-bond donors (Lipinski definition) is 1. The molecule has 0 spiro atoms.